The van der Waals surface area contributed by atoms with Gasteiger partial charge in [-0.1, -0.05) is 24.3 Å². The van der Waals surface area contributed by atoms with Crippen molar-refractivity contribution in [3.8, 4) is 0 Å². The van der Waals surface area contributed by atoms with Crippen LogP contribution >= 0.6 is 11.3 Å². The standard InChI is InChI=1S/C19H20N4OS/c1-12-18(25-13(2)21-12)19(24)22-17-10-11-20-23(17)16-9-5-7-14-6-3-4-8-15(14)16/h3-4,6,8,10-11,16H,5,7,9H2,1-2H3,(H,22,24). The molecule has 1 aliphatic carbocycles. The molecule has 2 aromatic heterocycles. The first-order valence-electron chi connectivity index (χ1n) is 8.50. The average molecular weight is 352 g/mol. The molecule has 1 aromatic carbocycles. The largest absolute Gasteiger partial charge is 0.306 e. The van der Waals surface area contributed by atoms with E-state index in [0.29, 0.717) is 4.88 Å². The van der Waals surface area contributed by atoms with Crippen molar-refractivity contribution < 1.29 is 4.79 Å². The number of rotatable bonds is 3. The van der Waals surface area contributed by atoms with Gasteiger partial charge in [0.1, 0.15) is 10.7 Å². The van der Waals surface area contributed by atoms with Crippen molar-refractivity contribution in [2.24, 2.45) is 0 Å². The number of hydrogen-bond acceptors (Lipinski definition) is 4. The van der Waals surface area contributed by atoms with Crippen LogP contribution in [0.3, 0.4) is 0 Å². The number of aromatic nitrogens is 3. The highest BCUT2D eigenvalue weighted by atomic mass is 32.1. The topological polar surface area (TPSA) is 59.8 Å². The summed E-state index contributed by atoms with van der Waals surface area (Å²) < 4.78 is 1.94. The molecule has 6 heteroatoms. The van der Waals surface area contributed by atoms with Crippen LogP contribution in [0.1, 0.15) is 50.4 Å². The van der Waals surface area contributed by atoms with Gasteiger partial charge in [-0.05, 0) is 44.2 Å². The number of amides is 1. The molecule has 1 atom stereocenters. The summed E-state index contributed by atoms with van der Waals surface area (Å²) in [6.07, 6.45) is 5.01. The van der Waals surface area contributed by atoms with Gasteiger partial charge in [-0.2, -0.15) is 5.10 Å². The van der Waals surface area contributed by atoms with Crippen LogP contribution in [0.4, 0.5) is 5.82 Å². The minimum atomic E-state index is -0.117. The summed E-state index contributed by atoms with van der Waals surface area (Å²) in [7, 11) is 0. The van der Waals surface area contributed by atoms with E-state index in [0.717, 1.165) is 35.8 Å². The number of nitrogens with zero attached hydrogens (tertiary/aromatic N) is 3. The molecule has 0 radical (unpaired) electrons. The molecule has 0 fully saturated rings. The summed E-state index contributed by atoms with van der Waals surface area (Å²) in [5.41, 5.74) is 3.45. The van der Waals surface area contributed by atoms with Crippen molar-refractivity contribution in [1.82, 2.24) is 14.8 Å². The molecule has 0 bridgehead atoms. The number of carbonyl (C=O) groups excluding carboxylic acids is 1. The monoisotopic (exact) mass is 352 g/mol. The van der Waals surface area contributed by atoms with E-state index in [4.69, 9.17) is 0 Å². The molecule has 4 rings (SSSR count). The lowest BCUT2D eigenvalue weighted by Gasteiger charge is -2.27. The molecular weight excluding hydrogens is 332 g/mol. The maximum atomic E-state index is 12.6. The highest BCUT2D eigenvalue weighted by Gasteiger charge is 2.24. The van der Waals surface area contributed by atoms with Crippen molar-refractivity contribution in [3.63, 3.8) is 0 Å². The number of thiazole rings is 1. The molecule has 2 heterocycles. The lowest BCUT2D eigenvalue weighted by atomic mass is 9.88. The maximum absolute atomic E-state index is 12.6. The zero-order valence-electron chi connectivity index (χ0n) is 14.3. The summed E-state index contributed by atoms with van der Waals surface area (Å²) in [4.78, 5) is 17.6. The summed E-state index contributed by atoms with van der Waals surface area (Å²) in [5, 5.41) is 8.42. The molecule has 0 saturated heterocycles. The third kappa shape index (κ3) is 2.98. The van der Waals surface area contributed by atoms with Gasteiger partial charge in [-0.15, -0.1) is 11.3 Å². The number of fused-ring (bicyclic) bond motifs is 1. The Hall–Kier alpha value is -2.47. The summed E-state index contributed by atoms with van der Waals surface area (Å²) in [5.74, 6) is 0.617. The quantitative estimate of drug-likeness (QED) is 0.771. The van der Waals surface area contributed by atoms with Gasteiger partial charge < -0.3 is 5.32 Å². The Bertz CT molecular complexity index is 927. The fourth-order valence-electron chi connectivity index (χ4n) is 3.56. The van der Waals surface area contributed by atoms with Crippen molar-refractivity contribution in [1.29, 1.82) is 0 Å². The lowest BCUT2D eigenvalue weighted by Crippen LogP contribution is -2.22. The van der Waals surface area contributed by atoms with Crippen LogP contribution in [0.15, 0.2) is 36.5 Å². The van der Waals surface area contributed by atoms with Crippen LogP contribution in [0, 0.1) is 13.8 Å². The van der Waals surface area contributed by atoms with Crippen LogP contribution < -0.4 is 5.32 Å². The minimum absolute atomic E-state index is 0.117. The van der Waals surface area contributed by atoms with Gasteiger partial charge in [-0.3, -0.25) is 4.79 Å². The first-order valence-corrected chi connectivity index (χ1v) is 9.32. The second kappa shape index (κ2) is 6.44. The van der Waals surface area contributed by atoms with Gasteiger partial charge >= 0.3 is 0 Å². The van der Waals surface area contributed by atoms with Gasteiger partial charge in [0, 0.05) is 6.07 Å². The first kappa shape index (κ1) is 16.0. The van der Waals surface area contributed by atoms with Gasteiger partial charge in [0.2, 0.25) is 0 Å². The van der Waals surface area contributed by atoms with Crippen molar-refractivity contribution in [2.75, 3.05) is 5.32 Å². The van der Waals surface area contributed by atoms with Gasteiger partial charge in [0.25, 0.3) is 5.91 Å². The van der Waals surface area contributed by atoms with E-state index < -0.39 is 0 Å². The Morgan fingerprint density at radius 1 is 1.28 bits per heavy atom. The molecular formula is C19H20N4OS. The van der Waals surface area contributed by atoms with Crippen molar-refractivity contribution in [2.45, 2.75) is 39.2 Å². The number of anilines is 1. The highest BCUT2D eigenvalue weighted by molar-refractivity contribution is 7.13. The van der Waals surface area contributed by atoms with E-state index in [1.54, 1.807) is 6.20 Å². The van der Waals surface area contributed by atoms with Crippen LogP contribution in [-0.4, -0.2) is 20.7 Å². The summed E-state index contributed by atoms with van der Waals surface area (Å²) >= 11 is 1.42. The number of benzene rings is 1. The summed E-state index contributed by atoms with van der Waals surface area (Å²) in [6, 6.07) is 10.5. The van der Waals surface area contributed by atoms with Crippen LogP contribution in [-0.2, 0) is 6.42 Å². The van der Waals surface area contributed by atoms with E-state index in [2.05, 4.69) is 39.7 Å². The Balaban J connectivity index is 1.64. The summed E-state index contributed by atoms with van der Waals surface area (Å²) in [6.45, 7) is 3.78. The highest BCUT2D eigenvalue weighted by Crippen LogP contribution is 2.34. The van der Waals surface area contributed by atoms with E-state index >= 15 is 0 Å². The van der Waals surface area contributed by atoms with E-state index in [9.17, 15) is 4.79 Å². The Kier molecular flexibility index (Phi) is 4.13. The zero-order valence-corrected chi connectivity index (χ0v) is 15.1. The Morgan fingerprint density at radius 3 is 2.92 bits per heavy atom. The minimum Gasteiger partial charge on any atom is -0.306 e. The van der Waals surface area contributed by atoms with Crippen LogP contribution in [0.5, 0.6) is 0 Å². The molecule has 128 valence electrons. The number of carbonyl (C=O) groups is 1. The molecule has 1 N–H and O–H groups in total. The molecule has 1 unspecified atom stereocenters. The fraction of sp³-hybridized carbons (Fsp3) is 0.316. The molecule has 1 aliphatic rings. The van der Waals surface area contributed by atoms with Crippen molar-refractivity contribution in [3.05, 3.63) is 63.2 Å². The van der Waals surface area contributed by atoms with Crippen LogP contribution in [0.25, 0.3) is 0 Å². The number of hydrogen-bond donors (Lipinski definition) is 1. The lowest BCUT2D eigenvalue weighted by molar-refractivity contribution is 0.102. The molecule has 3 aromatic rings. The number of nitrogens with one attached hydrogen (secondary N) is 1. The molecule has 25 heavy (non-hydrogen) atoms. The normalized spacial score (nSPS) is 16.5. The fourth-order valence-corrected chi connectivity index (χ4v) is 4.37. The molecule has 5 nitrogen and oxygen atoms in total. The average Bonchev–Trinajstić information content (AvgIpc) is 3.20. The molecule has 0 aliphatic heterocycles. The van der Waals surface area contributed by atoms with Crippen molar-refractivity contribution >= 4 is 23.1 Å². The molecule has 0 spiro atoms. The maximum Gasteiger partial charge on any atom is 0.268 e. The predicted molar refractivity (Wildman–Crippen MR) is 99.3 cm³/mol. The van der Waals surface area contributed by atoms with E-state index in [1.165, 1.54) is 22.5 Å². The zero-order chi connectivity index (χ0) is 17.4. The second-order valence-electron chi connectivity index (χ2n) is 6.37. The van der Waals surface area contributed by atoms with Gasteiger partial charge in [-0.25, -0.2) is 9.67 Å². The van der Waals surface area contributed by atoms with Crippen LogP contribution in [0.2, 0.25) is 0 Å². The van der Waals surface area contributed by atoms with Gasteiger partial charge in [0.15, 0.2) is 0 Å². The SMILES string of the molecule is Cc1nc(C)c(C(=O)Nc2ccnn2C2CCCc3ccccc32)s1. The first-order chi connectivity index (χ1) is 12.1. The van der Waals surface area contributed by atoms with E-state index in [1.807, 2.05) is 24.6 Å². The third-order valence-corrected chi connectivity index (χ3v) is 5.73. The number of aryl methyl sites for hydroxylation is 3. The predicted octanol–water partition coefficient (Wildman–Crippen LogP) is 4.13. The Morgan fingerprint density at radius 2 is 2.12 bits per heavy atom. The van der Waals surface area contributed by atoms with Gasteiger partial charge in [0.05, 0.1) is 22.9 Å². The molecule has 1 amide bonds. The third-order valence-electron chi connectivity index (χ3n) is 4.65. The smallest absolute Gasteiger partial charge is 0.268 e. The van der Waals surface area contributed by atoms with E-state index in [-0.39, 0.29) is 11.9 Å². The second-order valence-corrected chi connectivity index (χ2v) is 7.57. The molecule has 0 saturated carbocycles. The Labute approximate surface area is 150 Å².